The molecule has 2 rings (SSSR count). The summed E-state index contributed by atoms with van der Waals surface area (Å²) >= 11 is 3.45. The van der Waals surface area contributed by atoms with Crippen molar-refractivity contribution in [1.82, 2.24) is 0 Å². The summed E-state index contributed by atoms with van der Waals surface area (Å²) in [4.78, 5) is 28.6. The molecule has 0 heterocycles. The van der Waals surface area contributed by atoms with E-state index in [9.17, 15) is 10.1 Å². The molecule has 0 fully saturated rings. The highest BCUT2D eigenvalue weighted by molar-refractivity contribution is 9.10. The van der Waals surface area contributed by atoms with Crippen molar-refractivity contribution < 1.29 is 34.2 Å². The highest BCUT2D eigenvalue weighted by Crippen LogP contribution is 2.33. The van der Waals surface area contributed by atoms with E-state index in [1.54, 1.807) is 26.4 Å². The maximum absolute atomic E-state index is 10.8. The number of anilines is 1. The summed E-state index contributed by atoms with van der Waals surface area (Å²) in [7, 11) is 3.20. The van der Waals surface area contributed by atoms with Gasteiger partial charge in [0.2, 0.25) is 0 Å². The third-order valence-corrected chi connectivity index (χ3v) is 4.25. The number of non-ortho nitro benzene ring substituents is 1. The van der Waals surface area contributed by atoms with E-state index < -0.39 is 16.9 Å². The number of nitrogens with one attached hydrogen (secondary N) is 1. The first-order valence-electron chi connectivity index (χ1n) is 7.96. The van der Waals surface area contributed by atoms with Crippen LogP contribution in [0.4, 0.5) is 11.4 Å². The standard InChI is InChI=1S/C16H17BrN2O4.C2H2O4/c1-10-6-12(19(20)21)4-5-14(10)18-9-11-7-13(17)16(23-3)8-15(11)22-2;3-1(4)2(5)6/h4-8,18H,9H2,1-3H3;(H,3,4)(H,5,6). The van der Waals surface area contributed by atoms with E-state index in [2.05, 4.69) is 21.2 Å². The Balaban J connectivity index is 0.000000612. The molecular formula is C18H19BrN2O8. The van der Waals surface area contributed by atoms with Crippen LogP contribution in [0.5, 0.6) is 11.5 Å². The number of nitro benzene ring substituents is 1. The van der Waals surface area contributed by atoms with Gasteiger partial charge in [0.05, 0.1) is 23.6 Å². The molecule has 0 spiro atoms. The molecule has 156 valence electrons. The van der Waals surface area contributed by atoms with Gasteiger partial charge in [-0.25, -0.2) is 9.59 Å². The van der Waals surface area contributed by atoms with Gasteiger partial charge in [-0.15, -0.1) is 0 Å². The van der Waals surface area contributed by atoms with E-state index in [0.717, 1.165) is 21.3 Å². The lowest BCUT2D eigenvalue weighted by atomic mass is 10.1. The van der Waals surface area contributed by atoms with Crippen LogP contribution in [0.25, 0.3) is 0 Å². The summed E-state index contributed by atoms with van der Waals surface area (Å²) in [6, 6.07) is 8.47. The molecule has 0 bridgehead atoms. The minimum Gasteiger partial charge on any atom is -0.496 e. The predicted molar refractivity (Wildman–Crippen MR) is 108 cm³/mol. The number of aliphatic carboxylic acids is 2. The zero-order chi connectivity index (χ0) is 22.1. The molecule has 0 aliphatic heterocycles. The Morgan fingerprint density at radius 2 is 1.69 bits per heavy atom. The number of nitrogens with zero attached hydrogens (tertiary/aromatic N) is 1. The van der Waals surface area contributed by atoms with Gasteiger partial charge < -0.3 is 25.0 Å². The van der Waals surface area contributed by atoms with Crippen molar-refractivity contribution in [3.05, 3.63) is 56.0 Å². The van der Waals surface area contributed by atoms with Crippen LogP contribution in [-0.4, -0.2) is 41.3 Å². The summed E-state index contributed by atoms with van der Waals surface area (Å²) in [5, 5.41) is 28.8. The number of nitro groups is 1. The maximum Gasteiger partial charge on any atom is 0.414 e. The van der Waals surface area contributed by atoms with Crippen LogP contribution in [0.3, 0.4) is 0 Å². The Kier molecular flexibility index (Phi) is 8.87. The summed E-state index contributed by atoms with van der Waals surface area (Å²) in [6.45, 7) is 2.35. The van der Waals surface area contributed by atoms with Crippen molar-refractivity contribution in [3.8, 4) is 11.5 Å². The molecule has 0 atom stereocenters. The Labute approximate surface area is 174 Å². The van der Waals surface area contributed by atoms with Gasteiger partial charge in [-0.1, -0.05) is 0 Å². The van der Waals surface area contributed by atoms with Crippen LogP contribution in [0.1, 0.15) is 11.1 Å². The molecule has 11 heteroatoms. The number of aryl methyl sites for hydroxylation is 1. The van der Waals surface area contributed by atoms with Crippen LogP contribution in [-0.2, 0) is 16.1 Å². The van der Waals surface area contributed by atoms with Gasteiger partial charge in [0, 0.05) is 36.0 Å². The number of ether oxygens (including phenoxy) is 2. The molecule has 3 N–H and O–H groups in total. The van der Waals surface area contributed by atoms with E-state index in [1.165, 1.54) is 6.07 Å². The van der Waals surface area contributed by atoms with Gasteiger partial charge in [0.1, 0.15) is 11.5 Å². The largest absolute Gasteiger partial charge is 0.496 e. The number of hydrogen-bond acceptors (Lipinski definition) is 7. The van der Waals surface area contributed by atoms with Gasteiger partial charge in [-0.3, -0.25) is 10.1 Å². The van der Waals surface area contributed by atoms with Gasteiger partial charge in [-0.2, -0.15) is 0 Å². The molecule has 0 aliphatic carbocycles. The van der Waals surface area contributed by atoms with Gasteiger partial charge in [0.15, 0.2) is 0 Å². The molecule has 0 radical (unpaired) electrons. The second kappa shape index (κ2) is 10.9. The summed E-state index contributed by atoms with van der Waals surface area (Å²) in [5.41, 5.74) is 2.67. The highest BCUT2D eigenvalue weighted by atomic mass is 79.9. The highest BCUT2D eigenvalue weighted by Gasteiger charge is 2.11. The van der Waals surface area contributed by atoms with Gasteiger partial charge in [0.25, 0.3) is 5.69 Å². The third kappa shape index (κ3) is 6.96. The summed E-state index contributed by atoms with van der Waals surface area (Å²) in [5.74, 6) is -2.25. The van der Waals surface area contributed by atoms with Crippen molar-refractivity contribution in [3.63, 3.8) is 0 Å². The third-order valence-electron chi connectivity index (χ3n) is 3.63. The van der Waals surface area contributed by atoms with E-state index >= 15 is 0 Å². The molecule has 0 aromatic heterocycles. The smallest absolute Gasteiger partial charge is 0.414 e. The van der Waals surface area contributed by atoms with Crippen molar-refractivity contribution in [2.45, 2.75) is 13.5 Å². The van der Waals surface area contributed by atoms with Crippen molar-refractivity contribution in [1.29, 1.82) is 0 Å². The number of benzene rings is 2. The lowest BCUT2D eigenvalue weighted by molar-refractivity contribution is -0.384. The first kappa shape index (κ1) is 23.7. The number of rotatable bonds is 6. The fourth-order valence-corrected chi connectivity index (χ4v) is 2.76. The Hall–Kier alpha value is -3.34. The fourth-order valence-electron chi connectivity index (χ4n) is 2.21. The monoisotopic (exact) mass is 470 g/mol. The molecular weight excluding hydrogens is 452 g/mol. The molecule has 2 aromatic carbocycles. The Morgan fingerprint density at radius 1 is 1.10 bits per heavy atom. The normalized spacial score (nSPS) is 9.66. The van der Waals surface area contributed by atoms with Gasteiger partial charge in [-0.05, 0) is 40.5 Å². The van der Waals surface area contributed by atoms with Crippen LogP contribution < -0.4 is 14.8 Å². The Morgan fingerprint density at radius 3 is 2.14 bits per heavy atom. The molecule has 0 unspecified atom stereocenters. The molecule has 0 amide bonds. The van der Waals surface area contributed by atoms with Crippen molar-refractivity contribution in [2.24, 2.45) is 0 Å². The zero-order valence-corrected chi connectivity index (χ0v) is 17.3. The molecule has 29 heavy (non-hydrogen) atoms. The summed E-state index contributed by atoms with van der Waals surface area (Å²) < 4.78 is 11.5. The quantitative estimate of drug-likeness (QED) is 0.327. The lowest BCUT2D eigenvalue weighted by Gasteiger charge is -2.14. The minimum absolute atomic E-state index is 0.0813. The van der Waals surface area contributed by atoms with E-state index in [0.29, 0.717) is 18.0 Å². The van der Waals surface area contributed by atoms with Crippen LogP contribution in [0.2, 0.25) is 0 Å². The second-order valence-electron chi connectivity index (χ2n) is 5.52. The maximum atomic E-state index is 10.8. The lowest BCUT2D eigenvalue weighted by Crippen LogP contribution is -2.09. The minimum atomic E-state index is -1.82. The topological polar surface area (TPSA) is 148 Å². The van der Waals surface area contributed by atoms with E-state index in [1.807, 2.05) is 19.1 Å². The first-order valence-corrected chi connectivity index (χ1v) is 8.75. The molecule has 0 aliphatic rings. The van der Waals surface area contributed by atoms with Crippen LogP contribution in [0.15, 0.2) is 34.8 Å². The average molecular weight is 471 g/mol. The molecule has 2 aromatic rings. The van der Waals surface area contributed by atoms with E-state index in [4.69, 9.17) is 29.3 Å². The second-order valence-corrected chi connectivity index (χ2v) is 6.37. The average Bonchev–Trinajstić information content (AvgIpc) is 2.67. The number of carboxylic acids is 2. The molecule has 10 nitrogen and oxygen atoms in total. The number of carbonyl (C=O) groups is 2. The van der Waals surface area contributed by atoms with Crippen molar-refractivity contribution >= 4 is 39.2 Å². The van der Waals surface area contributed by atoms with Gasteiger partial charge >= 0.3 is 11.9 Å². The molecule has 0 saturated heterocycles. The first-order chi connectivity index (χ1) is 13.6. The SMILES string of the molecule is COc1cc(OC)c(CNc2ccc([N+](=O)[O-])cc2C)cc1Br.O=C(O)C(=O)O. The Bertz CT molecular complexity index is 905. The van der Waals surface area contributed by atoms with Crippen molar-refractivity contribution in [2.75, 3.05) is 19.5 Å². The van der Waals surface area contributed by atoms with E-state index in [-0.39, 0.29) is 5.69 Å². The molecule has 0 saturated carbocycles. The number of hydrogen-bond donors (Lipinski definition) is 3. The van der Waals surface area contributed by atoms with Crippen LogP contribution in [0, 0.1) is 17.0 Å². The number of halogens is 1. The predicted octanol–water partition coefficient (Wildman–Crippen LogP) is 3.45. The number of methoxy groups -OCH3 is 2. The van der Waals surface area contributed by atoms with Crippen LogP contribution >= 0.6 is 15.9 Å². The summed E-state index contributed by atoms with van der Waals surface area (Å²) in [6.07, 6.45) is 0. The fraction of sp³-hybridized carbons (Fsp3) is 0.222. The number of carboxylic acid groups (broad SMARTS) is 2. The zero-order valence-electron chi connectivity index (χ0n) is 15.8.